The van der Waals surface area contributed by atoms with Gasteiger partial charge in [-0.15, -0.1) is 0 Å². The molecule has 1 aromatic carbocycles. The topological polar surface area (TPSA) is 17.1 Å². The fourth-order valence-electron chi connectivity index (χ4n) is 2.58. The molecule has 0 saturated heterocycles. The molecule has 2 unspecified atom stereocenters. The minimum absolute atomic E-state index is 0.0516. The molecule has 0 N–H and O–H groups in total. The molecule has 3 aliphatic rings. The largest absolute Gasteiger partial charge is 0.294 e. The Morgan fingerprint density at radius 3 is 2.38 bits per heavy atom. The SMILES string of the molecule is Cc1cc2c(cc1C)C1C=CC2C=CC1=O. The molecule has 0 heterocycles. The van der Waals surface area contributed by atoms with E-state index < -0.39 is 0 Å². The Morgan fingerprint density at radius 2 is 1.62 bits per heavy atom. The maximum Gasteiger partial charge on any atom is 0.166 e. The predicted octanol–water partition coefficient (Wildman–Crippen LogP) is 3.18. The van der Waals surface area contributed by atoms with Crippen molar-refractivity contribution in [1.29, 1.82) is 0 Å². The lowest BCUT2D eigenvalue weighted by Gasteiger charge is -2.22. The van der Waals surface area contributed by atoms with E-state index in [9.17, 15) is 4.79 Å². The molecule has 0 radical (unpaired) electrons. The molecule has 80 valence electrons. The van der Waals surface area contributed by atoms with Crippen LogP contribution in [0.25, 0.3) is 0 Å². The van der Waals surface area contributed by atoms with Crippen LogP contribution < -0.4 is 0 Å². The highest BCUT2D eigenvalue weighted by Gasteiger charge is 2.28. The minimum Gasteiger partial charge on any atom is -0.294 e. The van der Waals surface area contributed by atoms with E-state index in [4.69, 9.17) is 0 Å². The Morgan fingerprint density at radius 1 is 0.938 bits per heavy atom. The summed E-state index contributed by atoms with van der Waals surface area (Å²) in [6.45, 7) is 4.24. The van der Waals surface area contributed by atoms with Gasteiger partial charge in [0.25, 0.3) is 0 Å². The first-order valence-electron chi connectivity index (χ1n) is 5.68. The third-order valence-corrected chi connectivity index (χ3v) is 3.68. The number of fused-ring (bicyclic) bond motifs is 1. The van der Waals surface area contributed by atoms with Gasteiger partial charge >= 0.3 is 0 Å². The lowest BCUT2D eigenvalue weighted by atomic mass is 9.81. The quantitative estimate of drug-likeness (QED) is 0.601. The van der Waals surface area contributed by atoms with E-state index in [1.54, 1.807) is 6.08 Å². The molecule has 0 spiro atoms. The molecule has 4 rings (SSSR count). The average molecular weight is 210 g/mol. The first-order chi connectivity index (χ1) is 7.66. The van der Waals surface area contributed by atoms with E-state index in [1.165, 1.54) is 22.3 Å². The van der Waals surface area contributed by atoms with Gasteiger partial charge in [-0.25, -0.2) is 0 Å². The van der Waals surface area contributed by atoms with Gasteiger partial charge in [0, 0.05) is 5.92 Å². The van der Waals surface area contributed by atoms with Crippen LogP contribution in [0.3, 0.4) is 0 Å². The Kier molecular flexibility index (Phi) is 1.90. The van der Waals surface area contributed by atoms with Crippen LogP contribution in [0.15, 0.2) is 36.4 Å². The van der Waals surface area contributed by atoms with Crippen LogP contribution in [-0.4, -0.2) is 5.78 Å². The van der Waals surface area contributed by atoms with Crippen molar-refractivity contribution < 1.29 is 4.79 Å². The van der Waals surface area contributed by atoms with Crippen molar-refractivity contribution in [2.45, 2.75) is 25.7 Å². The molecule has 3 aliphatic carbocycles. The third kappa shape index (κ3) is 1.21. The fraction of sp³-hybridized carbons (Fsp3) is 0.267. The van der Waals surface area contributed by atoms with Gasteiger partial charge in [-0.1, -0.05) is 30.4 Å². The van der Waals surface area contributed by atoms with Crippen molar-refractivity contribution in [1.82, 2.24) is 0 Å². The predicted molar refractivity (Wildman–Crippen MR) is 64.7 cm³/mol. The maximum atomic E-state index is 11.9. The Hall–Kier alpha value is -1.63. The second-order valence-corrected chi connectivity index (χ2v) is 4.72. The molecule has 0 saturated carbocycles. The molecule has 16 heavy (non-hydrogen) atoms. The van der Waals surface area contributed by atoms with Gasteiger partial charge in [-0.05, 0) is 42.2 Å². The van der Waals surface area contributed by atoms with E-state index >= 15 is 0 Å². The number of carbonyl (C=O) groups is 1. The van der Waals surface area contributed by atoms with Crippen LogP contribution in [-0.2, 0) is 4.79 Å². The summed E-state index contributed by atoms with van der Waals surface area (Å²) in [4.78, 5) is 11.9. The van der Waals surface area contributed by atoms with Gasteiger partial charge in [0.2, 0.25) is 0 Å². The summed E-state index contributed by atoms with van der Waals surface area (Å²) in [5.41, 5.74) is 5.08. The van der Waals surface area contributed by atoms with E-state index in [0.29, 0.717) is 0 Å². The molecular formula is C15H14O. The van der Waals surface area contributed by atoms with Crippen LogP contribution in [0, 0.1) is 13.8 Å². The van der Waals surface area contributed by atoms with Gasteiger partial charge in [0.15, 0.2) is 5.78 Å². The summed E-state index contributed by atoms with van der Waals surface area (Å²) in [5.74, 6) is 0.446. The van der Waals surface area contributed by atoms with Crippen molar-refractivity contribution in [2.24, 2.45) is 0 Å². The van der Waals surface area contributed by atoms with Gasteiger partial charge in [0.1, 0.15) is 0 Å². The van der Waals surface area contributed by atoms with Crippen LogP contribution in [0.2, 0.25) is 0 Å². The molecular weight excluding hydrogens is 196 g/mol. The summed E-state index contributed by atoms with van der Waals surface area (Å²) in [7, 11) is 0. The molecule has 0 aliphatic heterocycles. The van der Waals surface area contributed by atoms with Gasteiger partial charge in [0.05, 0.1) is 5.92 Å². The molecule has 1 aromatic rings. The van der Waals surface area contributed by atoms with E-state index in [-0.39, 0.29) is 17.6 Å². The number of rotatable bonds is 0. The number of hydrogen-bond donors (Lipinski definition) is 0. The monoisotopic (exact) mass is 210 g/mol. The van der Waals surface area contributed by atoms with E-state index in [1.807, 2.05) is 12.2 Å². The lowest BCUT2D eigenvalue weighted by molar-refractivity contribution is -0.115. The number of ketones is 1. The van der Waals surface area contributed by atoms with Crippen molar-refractivity contribution in [3.8, 4) is 0 Å². The Labute approximate surface area is 95.5 Å². The van der Waals surface area contributed by atoms with Gasteiger partial charge in [-0.2, -0.15) is 0 Å². The zero-order valence-corrected chi connectivity index (χ0v) is 9.53. The molecule has 0 aromatic heterocycles. The van der Waals surface area contributed by atoms with E-state index in [2.05, 4.69) is 32.1 Å². The van der Waals surface area contributed by atoms with Gasteiger partial charge in [-0.3, -0.25) is 4.79 Å². The van der Waals surface area contributed by atoms with Crippen LogP contribution in [0.4, 0.5) is 0 Å². The summed E-state index contributed by atoms with van der Waals surface area (Å²) in [6.07, 6.45) is 7.94. The zero-order chi connectivity index (χ0) is 11.3. The standard InChI is InChI=1S/C15H14O/c1-9-7-13-11-3-5-12(15(16)6-4-11)14(13)8-10(9)2/h3-8,11-12H,1-2H3. The number of allylic oxidation sites excluding steroid dienone is 4. The second-order valence-electron chi connectivity index (χ2n) is 4.72. The number of benzene rings is 1. The molecule has 1 heteroatoms. The number of carbonyl (C=O) groups excluding carboxylic acids is 1. The first kappa shape index (κ1) is 9.59. The summed E-state index contributed by atoms with van der Waals surface area (Å²) in [5, 5.41) is 0. The summed E-state index contributed by atoms with van der Waals surface area (Å²) < 4.78 is 0. The Bertz CT molecular complexity index is 535. The highest BCUT2D eigenvalue weighted by Crippen LogP contribution is 2.39. The van der Waals surface area contributed by atoms with Crippen molar-refractivity contribution in [2.75, 3.05) is 0 Å². The Balaban J connectivity index is 2.29. The lowest BCUT2D eigenvalue weighted by Crippen LogP contribution is -2.12. The summed E-state index contributed by atoms with van der Waals surface area (Å²) >= 11 is 0. The number of aryl methyl sites for hydroxylation is 2. The molecule has 0 fully saturated rings. The number of hydrogen-bond acceptors (Lipinski definition) is 1. The average Bonchev–Trinajstić information content (AvgIpc) is 2.51. The third-order valence-electron chi connectivity index (χ3n) is 3.68. The van der Waals surface area contributed by atoms with Crippen LogP contribution in [0.5, 0.6) is 0 Å². The van der Waals surface area contributed by atoms with E-state index in [0.717, 1.165) is 0 Å². The van der Waals surface area contributed by atoms with Crippen molar-refractivity contribution >= 4 is 5.78 Å². The summed E-state index contributed by atoms with van der Waals surface area (Å²) in [6, 6.07) is 4.41. The van der Waals surface area contributed by atoms with Crippen LogP contribution in [0.1, 0.15) is 34.1 Å². The second kappa shape index (κ2) is 3.18. The molecule has 2 bridgehead atoms. The molecule has 1 nitrogen and oxygen atoms in total. The first-order valence-corrected chi connectivity index (χ1v) is 5.68. The minimum atomic E-state index is -0.0516. The smallest absolute Gasteiger partial charge is 0.166 e. The fourth-order valence-corrected chi connectivity index (χ4v) is 2.58. The highest BCUT2D eigenvalue weighted by atomic mass is 16.1. The van der Waals surface area contributed by atoms with Crippen molar-refractivity contribution in [3.63, 3.8) is 0 Å². The zero-order valence-electron chi connectivity index (χ0n) is 9.53. The maximum absolute atomic E-state index is 11.9. The van der Waals surface area contributed by atoms with Crippen LogP contribution >= 0.6 is 0 Å². The highest BCUT2D eigenvalue weighted by molar-refractivity contribution is 5.99. The van der Waals surface area contributed by atoms with Gasteiger partial charge < -0.3 is 0 Å². The molecule has 2 atom stereocenters. The molecule has 0 amide bonds. The van der Waals surface area contributed by atoms with Crippen molar-refractivity contribution in [3.05, 3.63) is 58.7 Å². The normalized spacial score (nSPS) is 25.8.